The minimum absolute atomic E-state index is 0.00463. The van der Waals surface area contributed by atoms with E-state index in [4.69, 9.17) is 0 Å². The van der Waals surface area contributed by atoms with Gasteiger partial charge in [-0.15, -0.1) is 5.10 Å². The summed E-state index contributed by atoms with van der Waals surface area (Å²) in [6, 6.07) is 1.62. The molecule has 16 heavy (non-hydrogen) atoms. The second-order valence-electron chi connectivity index (χ2n) is 2.81. The molecule has 0 radical (unpaired) electrons. The van der Waals surface area contributed by atoms with E-state index >= 15 is 0 Å². The van der Waals surface area contributed by atoms with Crippen molar-refractivity contribution in [3.8, 4) is 0 Å². The minimum Gasteiger partial charge on any atom is -0.789 e. The molecule has 10 nitrogen and oxygen atoms in total. The Labute approximate surface area is 86.0 Å². The zero-order valence-corrected chi connectivity index (χ0v) is 7.43. The van der Waals surface area contributed by atoms with Gasteiger partial charge in [0, 0.05) is 6.07 Å². The third-order valence-corrected chi connectivity index (χ3v) is 1.89. The highest BCUT2D eigenvalue weighted by molar-refractivity contribution is 5.86. The molecule has 0 spiro atoms. The van der Waals surface area contributed by atoms with Crippen LogP contribution >= 0.6 is 0 Å². The van der Waals surface area contributed by atoms with Gasteiger partial charge in [0.1, 0.15) is 0 Å². The first-order valence-electron chi connectivity index (χ1n) is 3.86. The summed E-state index contributed by atoms with van der Waals surface area (Å²) < 4.78 is 0. The summed E-state index contributed by atoms with van der Waals surface area (Å²) >= 11 is 0. The number of nitrogens with zero attached hydrogens (tertiary/aromatic N) is 5. The molecule has 0 unspecified atom stereocenters. The number of nitro benzene ring substituents is 2. The topological polar surface area (TPSA) is 140 Å². The lowest BCUT2D eigenvalue weighted by atomic mass is 10.2. The predicted molar refractivity (Wildman–Crippen MR) is 49.6 cm³/mol. The SMILES string of the molecule is O=[N+]([O-])c1cc([N+](=O)[O-])c2nnn([O-])c2c1. The van der Waals surface area contributed by atoms with E-state index in [0.717, 1.165) is 12.1 Å². The van der Waals surface area contributed by atoms with E-state index in [1.165, 1.54) is 0 Å². The average Bonchev–Trinajstić information content (AvgIpc) is 2.59. The fourth-order valence-electron chi connectivity index (χ4n) is 1.22. The maximum Gasteiger partial charge on any atom is 0.305 e. The first kappa shape index (κ1) is 9.76. The summed E-state index contributed by atoms with van der Waals surface area (Å²) in [5.74, 6) is 0. The molecule has 1 aromatic heterocycles. The van der Waals surface area contributed by atoms with Crippen LogP contribution < -0.4 is 0 Å². The van der Waals surface area contributed by atoms with E-state index in [1.807, 2.05) is 0 Å². The molecule has 1 aromatic carbocycles. The van der Waals surface area contributed by atoms with Crippen molar-refractivity contribution in [2.45, 2.75) is 0 Å². The van der Waals surface area contributed by atoms with Crippen LogP contribution in [-0.2, 0) is 0 Å². The van der Waals surface area contributed by atoms with Crippen molar-refractivity contribution in [3.05, 3.63) is 37.6 Å². The third-order valence-electron chi connectivity index (χ3n) is 1.89. The Kier molecular flexibility index (Phi) is 1.90. The van der Waals surface area contributed by atoms with Gasteiger partial charge in [0.2, 0.25) is 0 Å². The summed E-state index contributed by atoms with van der Waals surface area (Å²) in [5, 5.41) is 38.4. The molecule has 2 aromatic rings. The highest BCUT2D eigenvalue weighted by atomic mass is 16.6. The third kappa shape index (κ3) is 1.28. The van der Waals surface area contributed by atoms with Crippen molar-refractivity contribution < 1.29 is 9.85 Å². The Bertz CT molecular complexity index is 605. The Morgan fingerprint density at radius 2 is 1.88 bits per heavy atom. The smallest absolute Gasteiger partial charge is 0.305 e. The van der Waals surface area contributed by atoms with Crippen molar-refractivity contribution >= 4 is 22.4 Å². The lowest BCUT2D eigenvalue weighted by Crippen LogP contribution is -1.95. The fourth-order valence-corrected chi connectivity index (χ4v) is 1.22. The number of hydrogen-bond acceptors (Lipinski definition) is 7. The van der Waals surface area contributed by atoms with Crippen LogP contribution in [0.25, 0.3) is 11.0 Å². The van der Waals surface area contributed by atoms with Gasteiger partial charge in [-0.3, -0.25) is 25.1 Å². The van der Waals surface area contributed by atoms with Gasteiger partial charge in [-0.05, 0) is 0 Å². The van der Waals surface area contributed by atoms with Crippen molar-refractivity contribution in [1.82, 2.24) is 15.2 Å². The van der Waals surface area contributed by atoms with Gasteiger partial charge >= 0.3 is 5.69 Å². The molecule has 2 rings (SSSR count). The van der Waals surface area contributed by atoms with E-state index < -0.39 is 21.2 Å². The van der Waals surface area contributed by atoms with Gasteiger partial charge in [-0.25, -0.2) is 0 Å². The van der Waals surface area contributed by atoms with Gasteiger partial charge < -0.3 is 5.21 Å². The lowest BCUT2D eigenvalue weighted by molar-refractivity contribution is -0.393. The zero-order chi connectivity index (χ0) is 11.9. The van der Waals surface area contributed by atoms with Crippen LogP contribution in [0.5, 0.6) is 0 Å². The molecule has 0 aliphatic rings. The Balaban J connectivity index is 2.86. The van der Waals surface area contributed by atoms with Crippen molar-refractivity contribution in [1.29, 1.82) is 0 Å². The van der Waals surface area contributed by atoms with Gasteiger partial charge in [-0.2, -0.15) is 0 Å². The van der Waals surface area contributed by atoms with Crippen LogP contribution in [0.1, 0.15) is 0 Å². The number of aromatic nitrogens is 3. The second kappa shape index (κ2) is 3.12. The largest absolute Gasteiger partial charge is 0.789 e. The number of non-ortho nitro benzene ring substituents is 2. The summed E-state index contributed by atoms with van der Waals surface area (Å²) in [6.45, 7) is 0. The first-order valence-corrected chi connectivity index (χ1v) is 3.86. The first-order chi connectivity index (χ1) is 7.50. The van der Waals surface area contributed by atoms with Crippen LogP contribution in [-0.4, -0.2) is 25.0 Å². The van der Waals surface area contributed by atoms with E-state index in [1.54, 1.807) is 0 Å². The monoisotopic (exact) mass is 224 g/mol. The standard InChI is InChI=1S/C6H2N5O5/c12-9-4-1-3(10(13)14)2-5(11(15)16)6(4)7-8-9/h1-2H/q-1. The predicted octanol–water partition coefficient (Wildman–Crippen LogP) is 0.594. The molecule has 10 heteroatoms. The molecule has 82 valence electrons. The molecular weight excluding hydrogens is 222 g/mol. The average molecular weight is 224 g/mol. The number of benzene rings is 1. The summed E-state index contributed by atoms with van der Waals surface area (Å²) in [6.07, 6.45) is 0. The molecule has 0 atom stereocenters. The van der Waals surface area contributed by atoms with Crippen LogP contribution in [0.2, 0.25) is 0 Å². The van der Waals surface area contributed by atoms with Crippen LogP contribution in [0.15, 0.2) is 12.1 Å². The summed E-state index contributed by atoms with van der Waals surface area (Å²) in [5.41, 5.74) is -1.75. The van der Waals surface area contributed by atoms with E-state index in [2.05, 4.69) is 10.3 Å². The molecular formula is C6H2N5O5-. The highest BCUT2D eigenvalue weighted by Crippen LogP contribution is 2.28. The molecule has 0 saturated carbocycles. The second-order valence-corrected chi connectivity index (χ2v) is 2.81. The molecule has 0 aliphatic heterocycles. The van der Waals surface area contributed by atoms with Gasteiger partial charge in [0.15, 0.2) is 5.52 Å². The van der Waals surface area contributed by atoms with Gasteiger partial charge in [-0.1, -0.05) is 5.21 Å². The van der Waals surface area contributed by atoms with Crippen molar-refractivity contribution in [2.24, 2.45) is 0 Å². The maximum absolute atomic E-state index is 11.0. The number of nitro groups is 2. The van der Waals surface area contributed by atoms with Crippen LogP contribution in [0.4, 0.5) is 11.4 Å². The summed E-state index contributed by atoms with van der Waals surface area (Å²) in [7, 11) is 0. The van der Waals surface area contributed by atoms with Crippen molar-refractivity contribution in [2.75, 3.05) is 0 Å². The molecule has 0 fully saturated rings. The Morgan fingerprint density at radius 3 is 2.44 bits per heavy atom. The molecule has 0 N–H and O–H groups in total. The molecule has 1 heterocycles. The van der Waals surface area contributed by atoms with E-state index in [-0.39, 0.29) is 15.9 Å². The number of hydrogen-bond donors (Lipinski definition) is 0. The molecule has 0 aliphatic carbocycles. The molecule has 0 bridgehead atoms. The molecule has 0 amide bonds. The fraction of sp³-hybridized carbons (Fsp3) is 0. The Hall–Kier alpha value is -2.78. The van der Waals surface area contributed by atoms with E-state index in [0.29, 0.717) is 0 Å². The lowest BCUT2D eigenvalue weighted by Gasteiger charge is -2.02. The molecule has 0 saturated heterocycles. The number of rotatable bonds is 2. The normalized spacial score (nSPS) is 10.5. The Morgan fingerprint density at radius 1 is 1.19 bits per heavy atom. The summed E-state index contributed by atoms with van der Waals surface area (Å²) in [4.78, 5) is 19.4. The van der Waals surface area contributed by atoms with Crippen LogP contribution in [0.3, 0.4) is 0 Å². The number of fused-ring (bicyclic) bond motifs is 1. The van der Waals surface area contributed by atoms with Crippen molar-refractivity contribution in [3.63, 3.8) is 0 Å². The maximum atomic E-state index is 11.0. The van der Waals surface area contributed by atoms with E-state index in [9.17, 15) is 25.4 Å². The van der Waals surface area contributed by atoms with Gasteiger partial charge in [0.25, 0.3) is 5.69 Å². The quantitative estimate of drug-likeness (QED) is 0.536. The minimum atomic E-state index is -0.857. The zero-order valence-electron chi connectivity index (χ0n) is 7.43. The van der Waals surface area contributed by atoms with Gasteiger partial charge in [0.05, 0.1) is 21.4 Å². The van der Waals surface area contributed by atoms with Crippen LogP contribution in [0, 0.1) is 25.4 Å². The highest BCUT2D eigenvalue weighted by Gasteiger charge is 2.22.